The molecule has 1 aromatic carbocycles. The second-order valence-electron chi connectivity index (χ2n) is 4.55. The van der Waals surface area contributed by atoms with Crippen LogP contribution in [-0.2, 0) is 6.42 Å². The Morgan fingerprint density at radius 1 is 1.16 bits per heavy atom. The average Bonchev–Trinajstić information content (AvgIpc) is 2.34. The van der Waals surface area contributed by atoms with Crippen molar-refractivity contribution in [1.82, 2.24) is 10.3 Å². The number of rotatable bonds is 4. The first kappa shape index (κ1) is 13.6. The Balaban J connectivity index is 2.23. The van der Waals surface area contributed by atoms with Crippen LogP contribution in [0, 0.1) is 18.6 Å². The molecule has 0 bridgehead atoms. The average molecular weight is 262 g/mol. The minimum absolute atomic E-state index is 0.00269. The number of aryl methyl sites for hydroxylation is 1. The molecular formula is C15H16F2N2. The van der Waals surface area contributed by atoms with Crippen LogP contribution in [-0.4, -0.2) is 12.0 Å². The Morgan fingerprint density at radius 3 is 2.42 bits per heavy atom. The van der Waals surface area contributed by atoms with Crippen molar-refractivity contribution in [3.05, 3.63) is 65.0 Å². The normalized spacial score (nSPS) is 12.4. The summed E-state index contributed by atoms with van der Waals surface area (Å²) in [4.78, 5) is 4.14. The molecule has 4 heteroatoms. The second kappa shape index (κ2) is 5.89. The number of aromatic nitrogens is 1. The summed E-state index contributed by atoms with van der Waals surface area (Å²) < 4.78 is 26.4. The smallest absolute Gasteiger partial charge is 0.126 e. The second-order valence-corrected chi connectivity index (χ2v) is 4.55. The zero-order valence-electron chi connectivity index (χ0n) is 11.0. The maximum atomic E-state index is 13.2. The maximum Gasteiger partial charge on any atom is 0.126 e. The van der Waals surface area contributed by atoms with E-state index in [0.717, 1.165) is 17.3 Å². The number of halogens is 2. The molecule has 19 heavy (non-hydrogen) atoms. The van der Waals surface area contributed by atoms with Gasteiger partial charge in [-0.25, -0.2) is 8.78 Å². The van der Waals surface area contributed by atoms with Gasteiger partial charge >= 0.3 is 0 Å². The van der Waals surface area contributed by atoms with Gasteiger partial charge in [-0.05, 0) is 55.8 Å². The van der Waals surface area contributed by atoms with Crippen LogP contribution in [0.2, 0.25) is 0 Å². The Bertz CT molecular complexity index is 550. The van der Waals surface area contributed by atoms with Gasteiger partial charge in [0.15, 0.2) is 0 Å². The standard InChI is InChI=1S/C15H16F2N2/c1-10-5-12(3-4-19-10)15(18-2)8-11-6-13(16)9-14(17)7-11/h3-7,9,15,18H,8H2,1-2H3. The number of likely N-dealkylation sites (N-methyl/N-ethyl adjacent to an activating group) is 1. The molecule has 1 aromatic heterocycles. The van der Waals surface area contributed by atoms with E-state index >= 15 is 0 Å². The van der Waals surface area contributed by atoms with E-state index in [2.05, 4.69) is 10.3 Å². The lowest BCUT2D eigenvalue weighted by Gasteiger charge is -2.17. The minimum atomic E-state index is -0.546. The highest BCUT2D eigenvalue weighted by molar-refractivity contribution is 5.25. The molecule has 1 heterocycles. The summed E-state index contributed by atoms with van der Waals surface area (Å²) in [6, 6.07) is 7.49. The molecule has 0 aliphatic rings. The largest absolute Gasteiger partial charge is 0.313 e. The van der Waals surface area contributed by atoms with E-state index in [1.54, 1.807) is 6.20 Å². The Kier molecular flexibility index (Phi) is 4.22. The fourth-order valence-corrected chi connectivity index (χ4v) is 2.14. The fourth-order valence-electron chi connectivity index (χ4n) is 2.14. The molecule has 2 rings (SSSR count). The van der Waals surface area contributed by atoms with Crippen LogP contribution in [0.25, 0.3) is 0 Å². The summed E-state index contributed by atoms with van der Waals surface area (Å²) >= 11 is 0. The van der Waals surface area contributed by atoms with Crippen LogP contribution in [0.1, 0.15) is 22.9 Å². The summed E-state index contributed by atoms with van der Waals surface area (Å²) in [7, 11) is 1.83. The first-order valence-electron chi connectivity index (χ1n) is 6.13. The van der Waals surface area contributed by atoms with E-state index in [1.807, 2.05) is 26.1 Å². The lowest BCUT2D eigenvalue weighted by Crippen LogP contribution is -2.19. The number of hydrogen-bond donors (Lipinski definition) is 1. The third-order valence-corrected chi connectivity index (χ3v) is 3.03. The SMILES string of the molecule is CNC(Cc1cc(F)cc(F)c1)c1ccnc(C)c1. The van der Waals surface area contributed by atoms with Gasteiger partial charge in [-0.2, -0.15) is 0 Å². The summed E-state index contributed by atoms with van der Waals surface area (Å²) in [5.41, 5.74) is 2.61. The molecule has 0 aliphatic carbocycles. The molecule has 1 atom stereocenters. The molecule has 1 N–H and O–H groups in total. The van der Waals surface area contributed by atoms with E-state index in [-0.39, 0.29) is 6.04 Å². The van der Waals surface area contributed by atoms with Gasteiger partial charge in [0.1, 0.15) is 11.6 Å². The summed E-state index contributed by atoms with van der Waals surface area (Å²) in [5, 5.41) is 3.16. The van der Waals surface area contributed by atoms with Crippen molar-refractivity contribution >= 4 is 0 Å². The zero-order valence-corrected chi connectivity index (χ0v) is 11.0. The summed E-state index contributed by atoms with van der Waals surface area (Å²) in [6.07, 6.45) is 2.26. The van der Waals surface area contributed by atoms with Gasteiger partial charge in [-0.1, -0.05) is 0 Å². The van der Waals surface area contributed by atoms with Crippen LogP contribution in [0.3, 0.4) is 0 Å². The molecule has 0 fully saturated rings. The van der Waals surface area contributed by atoms with E-state index in [4.69, 9.17) is 0 Å². The third-order valence-electron chi connectivity index (χ3n) is 3.03. The van der Waals surface area contributed by atoms with E-state index in [1.165, 1.54) is 12.1 Å². The van der Waals surface area contributed by atoms with Crippen molar-refractivity contribution in [3.63, 3.8) is 0 Å². The molecule has 0 spiro atoms. The molecular weight excluding hydrogens is 246 g/mol. The van der Waals surface area contributed by atoms with Gasteiger partial charge in [0.25, 0.3) is 0 Å². The van der Waals surface area contributed by atoms with Crippen molar-refractivity contribution in [2.75, 3.05) is 7.05 Å². The quantitative estimate of drug-likeness (QED) is 0.915. The van der Waals surface area contributed by atoms with Crippen LogP contribution in [0.15, 0.2) is 36.5 Å². The number of pyridine rings is 1. The molecule has 0 amide bonds. The third kappa shape index (κ3) is 3.58. The van der Waals surface area contributed by atoms with Gasteiger partial charge in [-0.15, -0.1) is 0 Å². The van der Waals surface area contributed by atoms with Crippen LogP contribution >= 0.6 is 0 Å². The minimum Gasteiger partial charge on any atom is -0.313 e. The van der Waals surface area contributed by atoms with Gasteiger partial charge in [0.05, 0.1) is 0 Å². The Hall–Kier alpha value is -1.81. The monoisotopic (exact) mass is 262 g/mol. The number of nitrogens with one attached hydrogen (secondary N) is 1. The van der Waals surface area contributed by atoms with E-state index < -0.39 is 11.6 Å². The van der Waals surface area contributed by atoms with Crippen LogP contribution in [0.5, 0.6) is 0 Å². The fraction of sp³-hybridized carbons (Fsp3) is 0.267. The highest BCUT2D eigenvalue weighted by atomic mass is 19.1. The van der Waals surface area contributed by atoms with E-state index in [9.17, 15) is 8.78 Å². The highest BCUT2D eigenvalue weighted by Gasteiger charge is 2.12. The van der Waals surface area contributed by atoms with E-state index in [0.29, 0.717) is 12.0 Å². The molecule has 0 radical (unpaired) electrons. The molecule has 2 nitrogen and oxygen atoms in total. The summed E-state index contributed by atoms with van der Waals surface area (Å²) in [5.74, 6) is -1.09. The zero-order chi connectivity index (χ0) is 13.8. The van der Waals surface area contributed by atoms with Crippen LogP contribution < -0.4 is 5.32 Å². The number of nitrogens with zero attached hydrogens (tertiary/aromatic N) is 1. The lowest BCUT2D eigenvalue weighted by molar-refractivity contribution is 0.561. The van der Waals surface area contributed by atoms with Crippen molar-refractivity contribution in [3.8, 4) is 0 Å². The summed E-state index contributed by atoms with van der Waals surface area (Å²) in [6.45, 7) is 1.91. The van der Waals surface area contributed by atoms with Crippen LogP contribution in [0.4, 0.5) is 8.78 Å². The van der Waals surface area contributed by atoms with Gasteiger partial charge in [-0.3, -0.25) is 4.98 Å². The predicted molar refractivity (Wildman–Crippen MR) is 70.8 cm³/mol. The highest BCUT2D eigenvalue weighted by Crippen LogP contribution is 2.19. The van der Waals surface area contributed by atoms with Gasteiger partial charge in [0, 0.05) is 24.0 Å². The first-order valence-corrected chi connectivity index (χ1v) is 6.13. The Labute approximate surface area is 111 Å². The van der Waals surface area contributed by atoms with Crippen molar-refractivity contribution in [2.24, 2.45) is 0 Å². The molecule has 100 valence electrons. The number of hydrogen-bond acceptors (Lipinski definition) is 2. The molecule has 0 saturated carbocycles. The topological polar surface area (TPSA) is 24.9 Å². The number of benzene rings is 1. The first-order chi connectivity index (χ1) is 9.08. The molecule has 0 saturated heterocycles. The van der Waals surface area contributed by atoms with Gasteiger partial charge < -0.3 is 5.32 Å². The molecule has 1 unspecified atom stereocenters. The van der Waals surface area contributed by atoms with Crippen molar-refractivity contribution in [2.45, 2.75) is 19.4 Å². The van der Waals surface area contributed by atoms with Crippen molar-refractivity contribution < 1.29 is 8.78 Å². The lowest BCUT2D eigenvalue weighted by atomic mass is 9.99. The maximum absolute atomic E-state index is 13.2. The predicted octanol–water partition coefficient (Wildman–Crippen LogP) is 3.17. The van der Waals surface area contributed by atoms with Gasteiger partial charge in [0.2, 0.25) is 0 Å². The van der Waals surface area contributed by atoms with Crippen molar-refractivity contribution in [1.29, 1.82) is 0 Å². The molecule has 2 aromatic rings. The Morgan fingerprint density at radius 2 is 1.84 bits per heavy atom. The molecule has 0 aliphatic heterocycles.